The monoisotopic (exact) mass is 498 g/mol. The first-order chi connectivity index (χ1) is 17.8. The van der Waals surface area contributed by atoms with Gasteiger partial charge in [-0.05, 0) is 72.7 Å². The molecular weight excluding hydrogens is 474 g/mol. The third-order valence-electron chi connectivity index (χ3n) is 7.66. The van der Waals surface area contributed by atoms with Crippen LogP contribution in [0.25, 0.3) is 33.3 Å². The molecule has 1 aromatic heterocycles. The van der Waals surface area contributed by atoms with Crippen LogP contribution < -0.4 is 5.73 Å². The highest BCUT2D eigenvalue weighted by Gasteiger charge is 2.42. The fraction of sp³-hybridized carbons (Fsp3) is 0.286. The number of hydrogen-bond donors (Lipinski definition) is 1. The van der Waals surface area contributed by atoms with Crippen molar-refractivity contribution >= 4 is 16.9 Å². The molecule has 37 heavy (non-hydrogen) atoms. The van der Waals surface area contributed by atoms with Crippen LogP contribution in [0.15, 0.2) is 48.5 Å². The Morgan fingerprint density at radius 2 is 1.76 bits per heavy atom. The maximum atomic E-state index is 15.4. The molecule has 0 spiro atoms. The number of aromatic nitrogens is 3. The van der Waals surface area contributed by atoms with Gasteiger partial charge < -0.3 is 10.6 Å². The quantitative estimate of drug-likeness (QED) is 0.447. The smallest absolute Gasteiger partial charge is 0.254 e. The molecule has 2 saturated heterocycles. The van der Waals surface area contributed by atoms with Crippen LogP contribution in [0, 0.1) is 23.0 Å². The van der Waals surface area contributed by atoms with E-state index in [1.807, 2.05) is 11.0 Å². The first kappa shape index (κ1) is 23.3. The van der Waals surface area contributed by atoms with Crippen molar-refractivity contribution in [1.82, 2.24) is 19.9 Å². The van der Waals surface area contributed by atoms with Gasteiger partial charge in [0.05, 0.1) is 11.1 Å². The van der Waals surface area contributed by atoms with E-state index in [9.17, 15) is 14.4 Å². The van der Waals surface area contributed by atoms with Gasteiger partial charge >= 0.3 is 0 Å². The van der Waals surface area contributed by atoms with Crippen molar-refractivity contribution in [3.05, 3.63) is 71.3 Å². The van der Waals surface area contributed by atoms with Gasteiger partial charge in [0.25, 0.3) is 5.91 Å². The van der Waals surface area contributed by atoms with E-state index in [0.717, 1.165) is 25.7 Å². The molecule has 2 bridgehead atoms. The fourth-order valence-corrected chi connectivity index (χ4v) is 5.88. The van der Waals surface area contributed by atoms with Crippen molar-refractivity contribution in [1.29, 1.82) is 5.26 Å². The number of carbonyl (C=O) groups is 1. The van der Waals surface area contributed by atoms with Crippen molar-refractivity contribution in [3.8, 4) is 28.3 Å². The largest absolute Gasteiger partial charge is 0.333 e. The average molecular weight is 499 g/mol. The molecule has 6 rings (SSSR count). The topological polar surface area (TPSA) is 101 Å². The summed E-state index contributed by atoms with van der Waals surface area (Å²) in [4.78, 5) is 15.6. The highest BCUT2D eigenvalue weighted by Crippen LogP contribution is 2.39. The Hall–Kier alpha value is -4.16. The summed E-state index contributed by atoms with van der Waals surface area (Å²) in [7, 11) is 1.68. The van der Waals surface area contributed by atoms with Crippen LogP contribution in [-0.2, 0) is 7.05 Å². The van der Waals surface area contributed by atoms with Gasteiger partial charge in [-0.1, -0.05) is 17.3 Å². The van der Waals surface area contributed by atoms with Crippen LogP contribution in [0.5, 0.6) is 0 Å². The number of rotatable bonds is 3. The van der Waals surface area contributed by atoms with Gasteiger partial charge in [-0.25, -0.2) is 13.5 Å². The molecule has 3 heterocycles. The Kier molecular flexibility index (Phi) is 5.50. The Morgan fingerprint density at radius 1 is 1.00 bits per heavy atom. The summed E-state index contributed by atoms with van der Waals surface area (Å²) in [5.74, 6) is -1.28. The van der Waals surface area contributed by atoms with Crippen LogP contribution in [0.4, 0.5) is 8.78 Å². The standard InChI is InChI=1S/C28H24F2N6O/c1-35-27-13-25(30)23(12-26(27)33-34-35)21-7-4-16(8-22(21)15-2-3-17(14-31)24(29)9-15)28(37)36-19-5-6-20(36)11-18(32)10-19/h2-4,7-9,12-13,18-20H,5-6,10-11,32H2,1H3/t18?,19-,20+. The van der Waals surface area contributed by atoms with Gasteiger partial charge in [-0.2, -0.15) is 5.26 Å². The van der Waals surface area contributed by atoms with Crippen LogP contribution in [-0.4, -0.2) is 43.9 Å². The summed E-state index contributed by atoms with van der Waals surface area (Å²) in [6.45, 7) is 0. The first-order valence-electron chi connectivity index (χ1n) is 12.3. The average Bonchev–Trinajstić information content (AvgIpc) is 3.38. The van der Waals surface area contributed by atoms with Crippen LogP contribution in [0.3, 0.4) is 0 Å². The molecule has 4 aromatic rings. The number of nitrogens with two attached hydrogens (primary N) is 1. The Morgan fingerprint density at radius 3 is 2.46 bits per heavy atom. The van der Waals surface area contributed by atoms with Crippen molar-refractivity contribution in [3.63, 3.8) is 0 Å². The lowest BCUT2D eigenvalue weighted by Crippen LogP contribution is -2.50. The number of nitriles is 1. The van der Waals surface area contributed by atoms with Crippen molar-refractivity contribution in [2.45, 2.75) is 43.8 Å². The molecule has 186 valence electrons. The van der Waals surface area contributed by atoms with E-state index in [0.29, 0.717) is 33.3 Å². The SMILES string of the molecule is Cn1nnc2cc(-c3ccc(C(=O)N4[C@@H]5CC[C@H]4CC(N)C5)cc3-c3ccc(C#N)c(F)c3)c(F)cc21. The molecule has 0 radical (unpaired) electrons. The zero-order valence-corrected chi connectivity index (χ0v) is 20.2. The summed E-state index contributed by atoms with van der Waals surface area (Å²) in [6.07, 6.45) is 3.41. The Labute approximate surface area is 212 Å². The van der Waals surface area contributed by atoms with Gasteiger partial charge in [-0.15, -0.1) is 5.10 Å². The zero-order chi connectivity index (χ0) is 25.8. The number of nitrogens with zero attached hydrogens (tertiary/aromatic N) is 5. The lowest BCUT2D eigenvalue weighted by Gasteiger charge is -2.38. The summed E-state index contributed by atoms with van der Waals surface area (Å²) >= 11 is 0. The number of aryl methyl sites for hydroxylation is 1. The molecule has 2 N–H and O–H groups in total. The summed E-state index contributed by atoms with van der Waals surface area (Å²) in [6, 6.07) is 14.4. The normalized spacial score (nSPS) is 20.8. The van der Waals surface area contributed by atoms with E-state index >= 15 is 4.39 Å². The van der Waals surface area contributed by atoms with Gasteiger partial charge in [0, 0.05) is 42.4 Å². The molecule has 2 aliphatic heterocycles. The highest BCUT2D eigenvalue weighted by molar-refractivity contribution is 5.99. The second kappa shape index (κ2) is 8.75. The van der Waals surface area contributed by atoms with Crippen molar-refractivity contribution in [2.24, 2.45) is 12.8 Å². The number of carbonyl (C=O) groups excluding carboxylic acids is 1. The van der Waals surface area contributed by atoms with E-state index in [2.05, 4.69) is 10.3 Å². The molecule has 0 saturated carbocycles. The minimum absolute atomic E-state index is 0.0917. The number of fused-ring (bicyclic) bond motifs is 3. The van der Waals surface area contributed by atoms with Gasteiger partial charge in [0.1, 0.15) is 23.2 Å². The van der Waals surface area contributed by atoms with E-state index in [-0.39, 0.29) is 35.2 Å². The molecule has 7 nitrogen and oxygen atoms in total. The van der Waals surface area contributed by atoms with Crippen LogP contribution >= 0.6 is 0 Å². The van der Waals surface area contributed by atoms with E-state index < -0.39 is 11.6 Å². The summed E-state index contributed by atoms with van der Waals surface area (Å²) in [5, 5.41) is 17.2. The molecule has 2 aliphatic rings. The molecule has 3 aromatic carbocycles. The predicted molar refractivity (Wildman–Crippen MR) is 134 cm³/mol. The van der Waals surface area contributed by atoms with Crippen molar-refractivity contribution in [2.75, 3.05) is 0 Å². The van der Waals surface area contributed by atoms with Crippen LogP contribution in [0.2, 0.25) is 0 Å². The van der Waals surface area contributed by atoms with Gasteiger partial charge in [0.2, 0.25) is 0 Å². The highest BCUT2D eigenvalue weighted by atomic mass is 19.1. The molecule has 9 heteroatoms. The van der Waals surface area contributed by atoms with E-state index in [1.54, 1.807) is 37.4 Å². The van der Waals surface area contributed by atoms with Gasteiger partial charge in [0.15, 0.2) is 0 Å². The maximum absolute atomic E-state index is 15.4. The second-order valence-electron chi connectivity index (χ2n) is 9.93. The molecular formula is C28H24F2N6O. The predicted octanol–water partition coefficient (Wildman–Crippen LogP) is 4.55. The number of amides is 1. The molecule has 1 unspecified atom stereocenters. The second-order valence-corrected chi connectivity index (χ2v) is 9.93. The summed E-state index contributed by atoms with van der Waals surface area (Å²) < 4.78 is 31.5. The Bertz CT molecular complexity index is 1590. The molecule has 1 amide bonds. The lowest BCUT2D eigenvalue weighted by molar-refractivity contribution is 0.0575. The molecule has 2 fully saturated rings. The number of benzene rings is 3. The third-order valence-corrected chi connectivity index (χ3v) is 7.66. The number of piperidine rings is 1. The van der Waals surface area contributed by atoms with Crippen LogP contribution in [0.1, 0.15) is 41.6 Å². The van der Waals surface area contributed by atoms with E-state index in [1.165, 1.54) is 22.9 Å². The van der Waals surface area contributed by atoms with Crippen molar-refractivity contribution < 1.29 is 13.6 Å². The number of halogens is 2. The third kappa shape index (κ3) is 3.85. The minimum atomic E-state index is -0.685. The Balaban J connectivity index is 1.50. The van der Waals surface area contributed by atoms with E-state index in [4.69, 9.17) is 5.73 Å². The molecule has 3 atom stereocenters. The fourth-order valence-electron chi connectivity index (χ4n) is 5.88. The lowest BCUT2D eigenvalue weighted by atomic mass is 9.90. The maximum Gasteiger partial charge on any atom is 0.254 e. The number of hydrogen-bond acceptors (Lipinski definition) is 5. The van der Waals surface area contributed by atoms with Gasteiger partial charge in [-0.3, -0.25) is 4.79 Å². The molecule has 0 aliphatic carbocycles. The summed E-state index contributed by atoms with van der Waals surface area (Å²) in [5.41, 5.74) is 9.25. The first-order valence-corrected chi connectivity index (χ1v) is 12.3. The minimum Gasteiger partial charge on any atom is -0.333 e. The zero-order valence-electron chi connectivity index (χ0n) is 20.2.